The molecule has 0 heterocycles. The van der Waals surface area contributed by atoms with Crippen LogP contribution >= 0.6 is 0 Å². The lowest BCUT2D eigenvalue weighted by atomic mass is 10.2. The molecular weight excluding hydrogens is 278 g/mol. The number of ether oxygens (including phenoxy) is 2. The fourth-order valence-corrected chi connectivity index (χ4v) is 1.83. The minimum Gasteiger partial charge on any atom is -0.490 e. The predicted molar refractivity (Wildman–Crippen MR) is 74.2 cm³/mol. The summed E-state index contributed by atoms with van der Waals surface area (Å²) in [5.41, 5.74) is 1.22. The maximum Gasteiger partial charge on any atom is 0.161 e. The molecule has 0 unspecified atom stereocenters. The van der Waals surface area contributed by atoms with Crippen molar-refractivity contribution in [2.24, 2.45) is 0 Å². The molecule has 2 rings (SSSR count). The van der Waals surface area contributed by atoms with Crippen LogP contribution in [-0.2, 0) is 13.2 Å². The predicted octanol–water partition coefficient (Wildman–Crippen LogP) is 3.43. The number of aliphatic hydroxyl groups is 1. The van der Waals surface area contributed by atoms with Gasteiger partial charge in [-0.1, -0.05) is 12.1 Å². The summed E-state index contributed by atoms with van der Waals surface area (Å²) in [4.78, 5) is 0. The van der Waals surface area contributed by atoms with E-state index < -0.39 is 11.6 Å². The van der Waals surface area contributed by atoms with Crippen molar-refractivity contribution in [3.8, 4) is 11.5 Å². The van der Waals surface area contributed by atoms with Crippen LogP contribution < -0.4 is 9.47 Å². The normalized spacial score (nSPS) is 10.5. The van der Waals surface area contributed by atoms with E-state index in [1.807, 2.05) is 6.92 Å². The Labute approximate surface area is 121 Å². The van der Waals surface area contributed by atoms with Crippen LogP contribution in [0.4, 0.5) is 8.78 Å². The quantitative estimate of drug-likeness (QED) is 0.887. The average Bonchev–Trinajstić information content (AvgIpc) is 2.49. The molecule has 0 fully saturated rings. The van der Waals surface area contributed by atoms with Gasteiger partial charge in [0.2, 0.25) is 0 Å². The van der Waals surface area contributed by atoms with E-state index in [1.54, 1.807) is 18.2 Å². The molecule has 5 heteroatoms. The first-order valence-electron chi connectivity index (χ1n) is 6.57. The summed E-state index contributed by atoms with van der Waals surface area (Å²) in [6.45, 7) is 2.29. The summed E-state index contributed by atoms with van der Waals surface area (Å²) in [6.07, 6.45) is 0. The van der Waals surface area contributed by atoms with Crippen LogP contribution in [0.25, 0.3) is 0 Å². The summed E-state index contributed by atoms with van der Waals surface area (Å²) < 4.78 is 37.0. The van der Waals surface area contributed by atoms with Gasteiger partial charge in [0, 0.05) is 0 Å². The van der Waals surface area contributed by atoms with E-state index >= 15 is 0 Å². The summed E-state index contributed by atoms with van der Waals surface area (Å²) in [7, 11) is 0. The zero-order chi connectivity index (χ0) is 15.2. The zero-order valence-electron chi connectivity index (χ0n) is 11.6. The van der Waals surface area contributed by atoms with Gasteiger partial charge in [0.05, 0.1) is 13.2 Å². The first-order valence-corrected chi connectivity index (χ1v) is 6.57. The highest BCUT2D eigenvalue weighted by atomic mass is 19.2. The number of halogens is 2. The Morgan fingerprint density at radius 1 is 0.905 bits per heavy atom. The van der Waals surface area contributed by atoms with Crippen LogP contribution in [0.1, 0.15) is 18.1 Å². The third-order valence-electron chi connectivity index (χ3n) is 2.87. The monoisotopic (exact) mass is 294 g/mol. The van der Waals surface area contributed by atoms with E-state index in [0.717, 1.165) is 12.1 Å². The third kappa shape index (κ3) is 3.92. The van der Waals surface area contributed by atoms with Gasteiger partial charge in [-0.2, -0.15) is 0 Å². The van der Waals surface area contributed by atoms with Crippen molar-refractivity contribution in [1.29, 1.82) is 0 Å². The maximum atomic E-state index is 13.1. The molecule has 0 aliphatic carbocycles. The fraction of sp³-hybridized carbons (Fsp3) is 0.250. The molecule has 112 valence electrons. The van der Waals surface area contributed by atoms with Crippen LogP contribution in [0.5, 0.6) is 11.5 Å². The largest absolute Gasteiger partial charge is 0.490 e. The van der Waals surface area contributed by atoms with Crippen molar-refractivity contribution < 1.29 is 23.4 Å². The Balaban J connectivity index is 2.13. The Morgan fingerprint density at radius 2 is 1.67 bits per heavy atom. The van der Waals surface area contributed by atoms with Crippen LogP contribution in [0.3, 0.4) is 0 Å². The molecule has 0 saturated carbocycles. The van der Waals surface area contributed by atoms with Crippen molar-refractivity contribution in [3.05, 3.63) is 59.2 Å². The molecule has 0 aliphatic heterocycles. The standard InChI is InChI=1S/C16H16F2O3/c1-2-20-16-8-11(9-19)4-6-15(16)21-10-12-3-5-13(17)14(18)7-12/h3-8,19H,2,9-10H2,1H3. The molecule has 0 radical (unpaired) electrons. The van der Waals surface area contributed by atoms with Crippen LogP contribution in [0.2, 0.25) is 0 Å². The molecule has 2 aromatic rings. The summed E-state index contributed by atoms with van der Waals surface area (Å²) in [5, 5.41) is 9.11. The van der Waals surface area contributed by atoms with E-state index in [9.17, 15) is 8.78 Å². The van der Waals surface area contributed by atoms with Crippen LogP contribution in [0, 0.1) is 11.6 Å². The van der Waals surface area contributed by atoms with Crippen LogP contribution in [-0.4, -0.2) is 11.7 Å². The van der Waals surface area contributed by atoms with Crippen molar-refractivity contribution in [3.63, 3.8) is 0 Å². The summed E-state index contributed by atoms with van der Waals surface area (Å²) in [6, 6.07) is 8.69. The number of aliphatic hydroxyl groups excluding tert-OH is 1. The minimum absolute atomic E-state index is 0.0930. The topological polar surface area (TPSA) is 38.7 Å². The highest BCUT2D eigenvalue weighted by Crippen LogP contribution is 2.29. The SMILES string of the molecule is CCOc1cc(CO)ccc1OCc1ccc(F)c(F)c1. The average molecular weight is 294 g/mol. The molecule has 0 aromatic heterocycles. The molecule has 0 amide bonds. The Hall–Kier alpha value is -2.14. The third-order valence-corrected chi connectivity index (χ3v) is 2.87. The molecule has 2 aromatic carbocycles. The number of hydrogen-bond donors (Lipinski definition) is 1. The molecule has 21 heavy (non-hydrogen) atoms. The number of rotatable bonds is 6. The van der Waals surface area contributed by atoms with E-state index in [1.165, 1.54) is 6.07 Å². The molecule has 0 bridgehead atoms. The number of benzene rings is 2. The molecule has 3 nitrogen and oxygen atoms in total. The highest BCUT2D eigenvalue weighted by molar-refractivity contribution is 5.43. The van der Waals surface area contributed by atoms with Gasteiger partial charge < -0.3 is 14.6 Å². The number of hydrogen-bond acceptors (Lipinski definition) is 3. The van der Waals surface area contributed by atoms with Gasteiger partial charge >= 0.3 is 0 Å². The Morgan fingerprint density at radius 3 is 2.33 bits per heavy atom. The van der Waals surface area contributed by atoms with Crippen molar-refractivity contribution in [2.45, 2.75) is 20.1 Å². The second-order valence-corrected chi connectivity index (χ2v) is 4.41. The van der Waals surface area contributed by atoms with Gasteiger partial charge in [-0.3, -0.25) is 0 Å². The second-order valence-electron chi connectivity index (χ2n) is 4.41. The first-order chi connectivity index (χ1) is 10.1. The second kappa shape index (κ2) is 7.04. The molecule has 0 aliphatic rings. The molecule has 0 spiro atoms. The van der Waals surface area contributed by atoms with E-state index in [0.29, 0.717) is 29.2 Å². The van der Waals surface area contributed by atoms with Crippen LogP contribution in [0.15, 0.2) is 36.4 Å². The van der Waals surface area contributed by atoms with Gasteiger partial charge in [-0.25, -0.2) is 8.78 Å². The van der Waals surface area contributed by atoms with E-state index in [2.05, 4.69) is 0 Å². The van der Waals surface area contributed by atoms with Crippen molar-refractivity contribution in [2.75, 3.05) is 6.61 Å². The van der Waals surface area contributed by atoms with Gasteiger partial charge in [-0.05, 0) is 42.3 Å². The smallest absolute Gasteiger partial charge is 0.161 e. The fourth-order valence-electron chi connectivity index (χ4n) is 1.83. The van der Waals surface area contributed by atoms with Gasteiger partial charge in [0.25, 0.3) is 0 Å². The Kier molecular flexibility index (Phi) is 5.11. The lowest BCUT2D eigenvalue weighted by Gasteiger charge is -2.13. The summed E-state index contributed by atoms with van der Waals surface area (Å²) in [5.74, 6) is -0.803. The summed E-state index contributed by atoms with van der Waals surface area (Å²) >= 11 is 0. The zero-order valence-corrected chi connectivity index (χ0v) is 11.6. The first kappa shape index (κ1) is 15.3. The molecule has 0 atom stereocenters. The Bertz CT molecular complexity index is 614. The molecular formula is C16H16F2O3. The van der Waals surface area contributed by atoms with E-state index in [-0.39, 0.29) is 13.2 Å². The van der Waals surface area contributed by atoms with E-state index in [4.69, 9.17) is 14.6 Å². The van der Waals surface area contributed by atoms with Gasteiger partial charge in [0.15, 0.2) is 23.1 Å². The van der Waals surface area contributed by atoms with Gasteiger partial charge in [0.1, 0.15) is 6.61 Å². The minimum atomic E-state index is -0.906. The van der Waals surface area contributed by atoms with Crippen molar-refractivity contribution >= 4 is 0 Å². The highest BCUT2D eigenvalue weighted by Gasteiger charge is 2.08. The lowest BCUT2D eigenvalue weighted by molar-refractivity contribution is 0.263. The lowest BCUT2D eigenvalue weighted by Crippen LogP contribution is -2.01. The van der Waals surface area contributed by atoms with Crippen molar-refractivity contribution in [1.82, 2.24) is 0 Å². The molecule has 0 saturated heterocycles. The molecule has 1 N–H and O–H groups in total. The maximum absolute atomic E-state index is 13.1. The van der Waals surface area contributed by atoms with Gasteiger partial charge in [-0.15, -0.1) is 0 Å².